The molecule has 0 radical (unpaired) electrons. The maximum atomic E-state index is 12.3. The number of aromatic nitrogens is 1. The number of amides is 1. The first-order valence-corrected chi connectivity index (χ1v) is 7.87. The van der Waals surface area contributed by atoms with E-state index in [1.165, 1.54) is 0 Å². The number of hydrogen-bond acceptors (Lipinski definition) is 3. The van der Waals surface area contributed by atoms with Crippen molar-refractivity contribution in [1.29, 1.82) is 0 Å². The summed E-state index contributed by atoms with van der Waals surface area (Å²) in [5.74, 6) is 0.150. The van der Waals surface area contributed by atoms with Crippen molar-refractivity contribution in [3.63, 3.8) is 0 Å². The molecule has 1 aromatic heterocycles. The average Bonchev–Trinajstić information content (AvgIpc) is 3.11. The molecule has 0 bridgehead atoms. The quantitative estimate of drug-likeness (QED) is 0.912. The summed E-state index contributed by atoms with van der Waals surface area (Å²) in [6.45, 7) is 2.07. The van der Waals surface area contributed by atoms with E-state index in [1.54, 1.807) is 17.5 Å². The van der Waals surface area contributed by atoms with Gasteiger partial charge in [-0.3, -0.25) is 4.79 Å². The zero-order valence-corrected chi connectivity index (χ0v) is 12.4. The third-order valence-corrected chi connectivity index (χ3v) is 4.90. The minimum absolute atomic E-state index is 0.150. The van der Waals surface area contributed by atoms with E-state index in [1.807, 2.05) is 29.6 Å². The summed E-state index contributed by atoms with van der Waals surface area (Å²) >= 11 is 1.62. The Bertz CT molecular complexity index is 583. The van der Waals surface area contributed by atoms with Crippen LogP contribution in [0.5, 0.6) is 0 Å². The molecule has 1 aliphatic rings. The molecule has 4 heteroatoms. The van der Waals surface area contributed by atoms with E-state index in [2.05, 4.69) is 17.2 Å². The van der Waals surface area contributed by atoms with Crippen LogP contribution < -0.4 is 5.32 Å². The van der Waals surface area contributed by atoms with Gasteiger partial charge >= 0.3 is 0 Å². The molecule has 104 valence electrons. The Kier molecular flexibility index (Phi) is 3.57. The third kappa shape index (κ3) is 2.61. The number of nitrogens with one attached hydrogen (secondary N) is 1. The SMILES string of the molecule is CC1(C(=O)Nc2ccc(-c3nccs3)cc2)CCCC1. The molecular formula is C16H18N2OS. The molecule has 0 atom stereocenters. The van der Waals surface area contributed by atoms with Crippen molar-refractivity contribution in [3.8, 4) is 10.6 Å². The summed E-state index contributed by atoms with van der Waals surface area (Å²) in [5, 5.41) is 6.01. The lowest BCUT2D eigenvalue weighted by Gasteiger charge is -2.22. The molecule has 20 heavy (non-hydrogen) atoms. The summed E-state index contributed by atoms with van der Waals surface area (Å²) in [7, 11) is 0. The highest BCUT2D eigenvalue weighted by Crippen LogP contribution is 2.38. The van der Waals surface area contributed by atoms with Gasteiger partial charge in [-0.05, 0) is 37.1 Å². The lowest BCUT2D eigenvalue weighted by molar-refractivity contribution is -0.124. The fraction of sp³-hybridized carbons (Fsp3) is 0.375. The van der Waals surface area contributed by atoms with Gasteiger partial charge in [-0.15, -0.1) is 11.3 Å². The van der Waals surface area contributed by atoms with Crippen LogP contribution in [-0.2, 0) is 4.79 Å². The van der Waals surface area contributed by atoms with E-state index < -0.39 is 0 Å². The van der Waals surface area contributed by atoms with Crippen molar-refractivity contribution < 1.29 is 4.79 Å². The predicted octanol–water partition coefficient (Wildman–Crippen LogP) is 4.33. The average molecular weight is 286 g/mol. The summed E-state index contributed by atoms with van der Waals surface area (Å²) in [6.07, 6.45) is 6.11. The second-order valence-electron chi connectivity index (χ2n) is 5.64. The van der Waals surface area contributed by atoms with Crippen LogP contribution in [0, 0.1) is 5.41 Å². The van der Waals surface area contributed by atoms with Crippen molar-refractivity contribution >= 4 is 22.9 Å². The Morgan fingerprint density at radius 3 is 2.55 bits per heavy atom. The number of carbonyl (C=O) groups excluding carboxylic acids is 1. The normalized spacial score (nSPS) is 17.1. The topological polar surface area (TPSA) is 42.0 Å². The number of thiazole rings is 1. The van der Waals surface area contributed by atoms with Gasteiger partial charge in [0.2, 0.25) is 5.91 Å². The lowest BCUT2D eigenvalue weighted by Crippen LogP contribution is -2.30. The van der Waals surface area contributed by atoms with Crippen molar-refractivity contribution in [1.82, 2.24) is 4.98 Å². The van der Waals surface area contributed by atoms with Gasteiger partial charge in [-0.1, -0.05) is 19.8 Å². The Labute approximate surface area is 123 Å². The molecule has 1 aromatic carbocycles. The van der Waals surface area contributed by atoms with E-state index >= 15 is 0 Å². The van der Waals surface area contributed by atoms with Crippen LogP contribution in [0.15, 0.2) is 35.8 Å². The second-order valence-corrected chi connectivity index (χ2v) is 6.53. The summed E-state index contributed by atoms with van der Waals surface area (Å²) in [5.41, 5.74) is 1.77. The number of nitrogens with zero attached hydrogens (tertiary/aromatic N) is 1. The van der Waals surface area contributed by atoms with E-state index in [4.69, 9.17) is 0 Å². The standard InChI is InChI=1S/C16H18N2OS/c1-16(8-2-3-9-16)15(19)18-13-6-4-12(5-7-13)14-17-10-11-20-14/h4-7,10-11H,2-3,8-9H2,1H3,(H,18,19). The van der Waals surface area contributed by atoms with Crippen LogP contribution in [0.3, 0.4) is 0 Å². The number of benzene rings is 1. The van der Waals surface area contributed by atoms with Crippen LogP contribution >= 0.6 is 11.3 Å². The van der Waals surface area contributed by atoms with Crippen LogP contribution in [0.2, 0.25) is 0 Å². The fourth-order valence-electron chi connectivity index (χ4n) is 2.73. The third-order valence-electron chi connectivity index (χ3n) is 4.08. The Morgan fingerprint density at radius 2 is 1.95 bits per heavy atom. The van der Waals surface area contributed by atoms with Gasteiger partial charge in [0.15, 0.2) is 0 Å². The first-order valence-electron chi connectivity index (χ1n) is 6.99. The molecule has 1 fully saturated rings. The molecule has 1 heterocycles. The van der Waals surface area contributed by atoms with Gasteiger partial charge in [-0.25, -0.2) is 4.98 Å². The number of hydrogen-bond donors (Lipinski definition) is 1. The second kappa shape index (κ2) is 5.37. The van der Waals surface area contributed by atoms with Gasteiger partial charge in [0.05, 0.1) is 0 Å². The number of rotatable bonds is 3. The first-order chi connectivity index (χ1) is 9.67. The molecule has 1 aliphatic carbocycles. The van der Waals surface area contributed by atoms with E-state index in [9.17, 15) is 4.79 Å². The maximum absolute atomic E-state index is 12.3. The smallest absolute Gasteiger partial charge is 0.230 e. The van der Waals surface area contributed by atoms with E-state index in [0.717, 1.165) is 41.9 Å². The van der Waals surface area contributed by atoms with Gasteiger partial charge in [0.25, 0.3) is 0 Å². The first kappa shape index (κ1) is 13.3. The van der Waals surface area contributed by atoms with E-state index in [0.29, 0.717) is 0 Å². The fourth-order valence-corrected chi connectivity index (χ4v) is 3.37. The van der Waals surface area contributed by atoms with Crippen LogP contribution in [-0.4, -0.2) is 10.9 Å². The van der Waals surface area contributed by atoms with Crippen LogP contribution in [0.25, 0.3) is 10.6 Å². The molecule has 2 aromatic rings. The largest absolute Gasteiger partial charge is 0.326 e. The number of carbonyl (C=O) groups is 1. The Balaban J connectivity index is 1.71. The Morgan fingerprint density at radius 1 is 1.25 bits per heavy atom. The van der Waals surface area contributed by atoms with Gasteiger partial charge < -0.3 is 5.32 Å². The summed E-state index contributed by atoms with van der Waals surface area (Å²) in [6, 6.07) is 7.91. The minimum Gasteiger partial charge on any atom is -0.326 e. The maximum Gasteiger partial charge on any atom is 0.230 e. The van der Waals surface area contributed by atoms with Crippen molar-refractivity contribution in [2.75, 3.05) is 5.32 Å². The number of anilines is 1. The van der Waals surface area contributed by atoms with Gasteiger partial charge in [0, 0.05) is 28.2 Å². The van der Waals surface area contributed by atoms with Gasteiger partial charge in [0.1, 0.15) is 5.01 Å². The summed E-state index contributed by atoms with van der Waals surface area (Å²) < 4.78 is 0. The molecule has 1 N–H and O–H groups in total. The van der Waals surface area contributed by atoms with Crippen LogP contribution in [0.4, 0.5) is 5.69 Å². The highest BCUT2D eigenvalue weighted by atomic mass is 32.1. The lowest BCUT2D eigenvalue weighted by atomic mass is 9.88. The molecule has 3 nitrogen and oxygen atoms in total. The molecule has 3 rings (SSSR count). The molecule has 1 saturated carbocycles. The zero-order valence-electron chi connectivity index (χ0n) is 11.6. The minimum atomic E-state index is -0.187. The van der Waals surface area contributed by atoms with Crippen molar-refractivity contribution in [3.05, 3.63) is 35.8 Å². The molecule has 0 spiro atoms. The zero-order chi connectivity index (χ0) is 14.0. The van der Waals surface area contributed by atoms with Gasteiger partial charge in [-0.2, -0.15) is 0 Å². The van der Waals surface area contributed by atoms with Crippen LogP contribution in [0.1, 0.15) is 32.6 Å². The highest BCUT2D eigenvalue weighted by molar-refractivity contribution is 7.13. The molecule has 0 unspecified atom stereocenters. The van der Waals surface area contributed by atoms with Crippen molar-refractivity contribution in [2.24, 2.45) is 5.41 Å². The predicted molar refractivity (Wildman–Crippen MR) is 82.8 cm³/mol. The van der Waals surface area contributed by atoms with E-state index in [-0.39, 0.29) is 11.3 Å². The summed E-state index contributed by atoms with van der Waals surface area (Å²) in [4.78, 5) is 16.6. The molecular weight excluding hydrogens is 268 g/mol. The van der Waals surface area contributed by atoms with Crippen molar-refractivity contribution in [2.45, 2.75) is 32.6 Å². The monoisotopic (exact) mass is 286 g/mol. The molecule has 0 saturated heterocycles. The highest BCUT2D eigenvalue weighted by Gasteiger charge is 2.36. The molecule has 1 amide bonds. The molecule has 0 aliphatic heterocycles. The Hall–Kier alpha value is -1.68.